The third-order valence-corrected chi connectivity index (χ3v) is 5.16. The van der Waals surface area contributed by atoms with Crippen LogP contribution in [0.1, 0.15) is 35.6 Å². The van der Waals surface area contributed by atoms with Crippen LogP contribution >= 0.6 is 11.3 Å². The fraction of sp³-hybridized carbons (Fsp3) is 0.412. The smallest absolute Gasteiger partial charge is 0.0572 e. The van der Waals surface area contributed by atoms with Crippen LogP contribution < -0.4 is 0 Å². The lowest BCUT2D eigenvalue weighted by atomic mass is 9.75. The van der Waals surface area contributed by atoms with E-state index in [1.165, 1.54) is 10.4 Å². The summed E-state index contributed by atoms with van der Waals surface area (Å²) >= 11 is 1.80. The van der Waals surface area contributed by atoms with Gasteiger partial charge < -0.3 is 5.11 Å². The Morgan fingerprint density at radius 2 is 1.89 bits per heavy atom. The molecular formula is C17H20OS. The molecule has 0 aliphatic heterocycles. The van der Waals surface area contributed by atoms with Gasteiger partial charge in [-0.3, -0.25) is 0 Å². The van der Waals surface area contributed by atoms with Gasteiger partial charge in [0.15, 0.2) is 0 Å². The highest BCUT2D eigenvalue weighted by molar-refractivity contribution is 7.09. The standard InChI is InChI=1S/C17H20OS/c18-17-9-8-14(13-5-2-1-3-6-13)11-15(17)12-16-7-4-10-19-16/h1-7,10,14-15,17-18H,8-9,11-12H2. The molecule has 1 fully saturated rings. The first-order valence-electron chi connectivity index (χ1n) is 7.08. The summed E-state index contributed by atoms with van der Waals surface area (Å²) in [4.78, 5) is 1.40. The predicted octanol–water partition coefficient (Wildman–Crippen LogP) is 4.24. The number of benzene rings is 1. The van der Waals surface area contributed by atoms with Crippen molar-refractivity contribution in [1.82, 2.24) is 0 Å². The SMILES string of the molecule is OC1CCC(c2ccccc2)CC1Cc1cccs1. The van der Waals surface area contributed by atoms with Gasteiger partial charge in [-0.2, -0.15) is 0 Å². The highest BCUT2D eigenvalue weighted by Crippen LogP contribution is 2.38. The van der Waals surface area contributed by atoms with Crippen LogP contribution in [0.3, 0.4) is 0 Å². The average Bonchev–Trinajstić information content (AvgIpc) is 2.95. The zero-order valence-electron chi connectivity index (χ0n) is 11.0. The molecule has 0 amide bonds. The third-order valence-electron chi connectivity index (χ3n) is 4.26. The summed E-state index contributed by atoms with van der Waals surface area (Å²) in [7, 11) is 0. The molecule has 3 unspecified atom stereocenters. The number of aliphatic hydroxyl groups is 1. The summed E-state index contributed by atoms with van der Waals surface area (Å²) in [5, 5.41) is 12.4. The maximum absolute atomic E-state index is 10.2. The van der Waals surface area contributed by atoms with Crippen LogP contribution in [0.2, 0.25) is 0 Å². The van der Waals surface area contributed by atoms with Crippen molar-refractivity contribution in [3.63, 3.8) is 0 Å². The Morgan fingerprint density at radius 3 is 2.63 bits per heavy atom. The Balaban J connectivity index is 1.70. The van der Waals surface area contributed by atoms with Crippen molar-refractivity contribution in [1.29, 1.82) is 0 Å². The predicted molar refractivity (Wildman–Crippen MR) is 80.6 cm³/mol. The van der Waals surface area contributed by atoms with Crippen molar-refractivity contribution in [3.8, 4) is 0 Å². The molecule has 100 valence electrons. The first-order chi connectivity index (χ1) is 9.33. The Hall–Kier alpha value is -1.12. The zero-order valence-corrected chi connectivity index (χ0v) is 11.9. The van der Waals surface area contributed by atoms with Gasteiger partial charge in [0, 0.05) is 4.88 Å². The van der Waals surface area contributed by atoms with Crippen LogP contribution in [-0.4, -0.2) is 11.2 Å². The van der Waals surface area contributed by atoms with Crippen molar-refractivity contribution >= 4 is 11.3 Å². The van der Waals surface area contributed by atoms with Gasteiger partial charge in [-0.15, -0.1) is 11.3 Å². The molecule has 0 bridgehead atoms. The lowest BCUT2D eigenvalue weighted by molar-refractivity contribution is 0.0624. The van der Waals surface area contributed by atoms with E-state index in [0.29, 0.717) is 11.8 Å². The molecule has 1 N–H and O–H groups in total. The topological polar surface area (TPSA) is 20.2 Å². The van der Waals surface area contributed by atoms with Gasteiger partial charge in [0.05, 0.1) is 6.10 Å². The monoisotopic (exact) mass is 272 g/mol. The molecule has 1 heterocycles. The van der Waals surface area contributed by atoms with Crippen molar-refractivity contribution in [2.45, 2.75) is 37.7 Å². The maximum atomic E-state index is 10.2. The number of hydrogen-bond acceptors (Lipinski definition) is 2. The van der Waals surface area contributed by atoms with E-state index in [-0.39, 0.29) is 6.10 Å². The molecule has 1 nitrogen and oxygen atoms in total. The molecular weight excluding hydrogens is 252 g/mol. The first kappa shape index (κ1) is 12.9. The average molecular weight is 272 g/mol. The van der Waals surface area contributed by atoms with Gasteiger partial charge in [0.2, 0.25) is 0 Å². The lowest BCUT2D eigenvalue weighted by Gasteiger charge is -2.33. The lowest BCUT2D eigenvalue weighted by Crippen LogP contribution is -2.29. The fourth-order valence-corrected chi connectivity index (χ4v) is 3.98. The normalized spacial score (nSPS) is 27.3. The van der Waals surface area contributed by atoms with Gasteiger partial charge in [-0.1, -0.05) is 36.4 Å². The zero-order chi connectivity index (χ0) is 13.1. The summed E-state index contributed by atoms with van der Waals surface area (Å²) in [6, 6.07) is 15.1. The summed E-state index contributed by atoms with van der Waals surface area (Å²) < 4.78 is 0. The quantitative estimate of drug-likeness (QED) is 0.886. The van der Waals surface area contributed by atoms with Crippen molar-refractivity contribution in [2.75, 3.05) is 0 Å². The molecule has 0 saturated heterocycles. The fourth-order valence-electron chi connectivity index (χ4n) is 3.18. The van der Waals surface area contributed by atoms with Gasteiger partial charge in [-0.25, -0.2) is 0 Å². The summed E-state index contributed by atoms with van der Waals surface area (Å²) in [6.45, 7) is 0. The van der Waals surface area contributed by atoms with E-state index in [1.54, 1.807) is 11.3 Å². The van der Waals surface area contributed by atoms with Crippen molar-refractivity contribution in [3.05, 3.63) is 58.3 Å². The highest BCUT2D eigenvalue weighted by atomic mass is 32.1. The summed E-state index contributed by atoms with van der Waals surface area (Å²) in [5.41, 5.74) is 1.44. The molecule has 1 aliphatic rings. The van der Waals surface area contributed by atoms with Crippen molar-refractivity contribution in [2.24, 2.45) is 5.92 Å². The summed E-state index contributed by atoms with van der Waals surface area (Å²) in [6.07, 6.45) is 4.08. The number of hydrogen-bond donors (Lipinski definition) is 1. The van der Waals surface area contributed by atoms with Gasteiger partial charge in [-0.05, 0) is 54.5 Å². The highest BCUT2D eigenvalue weighted by Gasteiger charge is 2.30. The number of aliphatic hydroxyl groups excluding tert-OH is 1. The van der Waals surface area contributed by atoms with Gasteiger partial charge >= 0.3 is 0 Å². The molecule has 0 spiro atoms. The van der Waals surface area contributed by atoms with Gasteiger partial charge in [0.1, 0.15) is 0 Å². The van der Waals surface area contributed by atoms with E-state index in [0.717, 1.165) is 25.7 Å². The second-order valence-corrected chi connectivity index (χ2v) is 6.56. The maximum Gasteiger partial charge on any atom is 0.0572 e. The summed E-state index contributed by atoms with van der Waals surface area (Å²) in [5.74, 6) is 1.03. The Morgan fingerprint density at radius 1 is 1.05 bits per heavy atom. The molecule has 3 rings (SSSR count). The van der Waals surface area contributed by atoms with E-state index in [1.807, 2.05) is 0 Å². The second-order valence-electron chi connectivity index (χ2n) is 5.53. The number of rotatable bonds is 3. The Bertz CT molecular complexity index is 491. The van der Waals surface area contributed by atoms with Crippen LogP contribution in [0.15, 0.2) is 47.8 Å². The Labute approximate surface area is 118 Å². The van der Waals surface area contributed by atoms with E-state index >= 15 is 0 Å². The Kier molecular flexibility index (Phi) is 4.00. The molecule has 1 aromatic heterocycles. The van der Waals surface area contributed by atoms with Crippen LogP contribution in [0.5, 0.6) is 0 Å². The molecule has 2 aromatic rings. The molecule has 0 radical (unpaired) electrons. The second kappa shape index (κ2) is 5.89. The van der Waals surface area contributed by atoms with E-state index in [4.69, 9.17) is 0 Å². The minimum atomic E-state index is -0.123. The minimum absolute atomic E-state index is 0.123. The van der Waals surface area contributed by atoms with E-state index < -0.39 is 0 Å². The van der Waals surface area contributed by atoms with Crippen molar-refractivity contribution < 1.29 is 5.11 Å². The van der Waals surface area contributed by atoms with Crippen LogP contribution in [0.4, 0.5) is 0 Å². The molecule has 19 heavy (non-hydrogen) atoms. The molecule has 1 aliphatic carbocycles. The van der Waals surface area contributed by atoms with Crippen LogP contribution in [0, 0.1) is 5.92 Å². The van der Waals surface area contributed by atoms with Gasteiger partial charge in [0.25, 0.3) is 0 Å². The van der Waals surface area contributed by atoms with E-state index in [2.05, 4.69) is 47.8 Å². The number of thiophene rings is 1. The molecule has 1 saturated carbocycles. The molecule has 1 aromatic carbocycles. The largest absolute Gasteiger partial charge is 0.393 e. The van der Waals surface area contributed by atoms with Crippen LogP contribution in [-0.2, 0) is 6.42 Å². The molecule has 2 heteroatoms. The minimum Gasteiger partial charge on any atom is -0.393 e. The third kappa shape index (κ3) is 3.07. The molecule has 3 atom stereocenters. The first-order valence-corrected chi connectivity index (χ1v) is 7.96. The van der Waals surface area contributed by atoms with E-state index in [9.17, 15) is 5.11 Å². The van der Waals surface area contributed by atoms with Crippen LogP contribution in [0.25, 0.3) is 0 Å².